The van der Waals surface area contributed by atoms with Gasteiger partial charge in [-0.15, -0.1) is 0 Å². The van der Waals surface area contributed by atoms with Gasteiger partial charge in [0.05, 0.1) is 18.4 Å². The molecule has 4 rings (SSSR count). The van der Waals surface area contributed by atoms with Crippen LogP contribution in [0.2, 0.25) is 0 Å². The molecule has 0 saturated heterocycles. The summed E-state index contributed by atoms with van der Waals surface area (Å²) in [6.45, 7) is 0.364. The molecule has 0 atom stereocenters. The maximum absolute atomic E-state index is 13.1. The van der Waals surface area contributed by atoms with E-state index in [1.165, 1.54) is 30.7 Å². The van der Waals surface area contributed by atoms with Crippen LogP contribution >= 0.6 is 0 Å². The Labute approximate surface area is 183 Å². The number of rotatable bonds is 6. The number of pyridine rings is 1. The fraction of sp³-hybridized carbons (Fsp3) is 0.238. The van der Waals surface area contributed by atoms with Crippen molar-refractivity contribution in [2.24, 2.45) is 0 Å². The fourth-order valence-corrected chi connectivity index (χ4v) is 3.40. The van der Waals surface area contributed by atoms with Crippen molar-refractivity contribution in [3.8, 4) is 22.6 Å². The molecule has 0 bridgehead atoms. The SMILES string of the molecule is FC(F)(F)Cc1ccccc1CCn1cnc(-c2cc(-c3n[nH]nc3C(F)(F)F)ccn2)c1. The molecule has 4 aromatic rings. The van der Waals surface area contributed by atoms with Crippen molar-refractivity contribution >= 4 is 0 Å². The number of halogens is 6. The first-order valence-electron chi connectivity index (χ1n) is 9.70. The van der Waals surface area contributed by atoms with Gasteiger partial charge >= 0.3 is 12.4 Å². The molecule has 0 aliphatic heterocycles. The van der Waals surface area contributed by atoms with Crippen molar-refractivity contribution in [3.05, 3.63) is 71.9 Å². The van der Waals surface area contributed by atoms with E-state index in [0.29, 0.717) is 29.9 Å². The lowest BCUT2D eigenvalue weighted by Gasteiger charge is -2.12. The van der Waals surface area contributed by atoms with Gasteiger partial charge < -0.3 is 4.57 Å². The number of nitrogens with zero attached hydrogens (tertiary/aromatic N) is 5. The summed E-state index contributed by atoms with van der Waals surface area (Å²) in [6, 6.07) is 9.15. The van der Waals surface area contributed by atoms with E-state index in [0.717, 1.165) is 0 Å². The van der Waals surface area contributed by atoms with E-state index in [9.17, 15) is 26.3 Å². The van der Waals surface area contributed by atoms with Gasteiger partial charge in [-0.05, 0) is 29.7 Å². The van der Waals surface area contributed by atoms with Gasteiger partial charge in [0.2, 0.25) is 0 Å². The first-order valence-corrected chi connectivity index (χ1v) is 9.70. The predicted octanol–water partition coefficient (Wildman–Crippen LogP) is 5.10. The number of nitrogens with one attached hydrogen (secondary N) is 1. The van der Waals surface area contributed by atoms with Crippen LogP contribution in [0.5, 0.6) is 0 Å². The Bertz CT molecular complexity index is 1240. The van der Waals surface area contributed by atoms with Crippen LogP contribution in [0.3, 0.4) is 0 Å². The lowest BCUT2D eigenvalue weighted by Crippen LogP contribution is -2.13. The summed E-state index contributed by atoms with van der Waals surface area (Å²) in [6.07, 6.45) is -5.16. The summed E-state index contributed by atoms with van der Waals surface area (Å²) in [4.78, 5) is 8.39. The van der Waals surface area contributed by atoms with E-state index < -0.39 is 24.5 Å². The quantitative estimate of drug-likeness (QED) is 0.402. The van der Waals surface area contributed by atoms with Gasteiger partial charge in [-0.1, -0.05) is 24.3 Å². The molecule has 33 heavy (non-hydrogen) atoms. The number of imidazole rings is 1. The molecular formula is C21H16F6N6. The first kappa shape index (κ1) is 22.5. The Morgan fingerprint density at radius 3 is 2.36 bits per heavy atom. The minimum absolute atomic E-state index is 0.164. The molecule has 1 N–H and O–H groups in total. The Balaban J connectivity index is 1.52. The third-order valence-electron chi connectivity index (χ3n) is 4.89. The zero-order valence-electron chi connectivity index (χ0n) is 16.8. The average molecular weight is 466 g/mol. The molecular weight excluding hydrogens is 450 g/mol. The molecule has 3 heterocycles. The van der Waals surface area contributed by atoms with Gasteiger partial charge in [0.25, 0.3) is 0 Å². The van der Waals surface area contributed by atoms with Crippen LogP contribution in [0, 0.1) is 0 Å². The summed E-state index contributed by atoms with van der Waals surface area (Å²) >= 11 is 0. The van der Waals surface area contributed by atoms with Crippen LogP contribution < -0.4 is 0 Å². The number of hydrogen-bond acceptors (Lipinski definition) is 4. The fourth-order valence-electron chi connectivity index (χ4n) is 3.40. The zero-order chi connectivity index (χ0) is 23.6. The maximum Gasteiger partial charge on any atom is 0.437 e. The van der Waals surface area contributed by atoms with E-state index in [-0.39, 0.29) is 16.8 Å². The molecule has 0 saturated carbocycles. The number of alkyl halides is 6. The van der Waals surface area contributed by atoms with Crippen LogP contribution in [0.25, 0.3) is 22.6 Å². The van der Waals surface area contributed by atoms with Crippen molar-refractivity contribution in [1.82, 2.24) is 29.9 Å². The Morgan fingerprint density at radius 1 is 0.879 bits per heavy atom. The second kappa shape index (κ2) is 8.68. The predicted molar refractivity (Wildman–Crippen MR) is 106 cm³/mol. The lowest BCUT2D eigenvalue weighted by atomic mass is 10.0. The highest BCUT2D eigenvalue weighted by molar-refractivity contribution is 5.67. The number of aryl methyl sites for hydroxylation is 2. The summed E-state index contributed by atoms with van der Waals surface area (Å²) in [5.41, 5.74) is 0.187. The van der Waals surface area contributed by atoms with E-state index in [2.05, 4.69) is 20.2 Å². The standard InChI is InChI=1S/C21H16F6N6/c22-20(23,24)10-15-4-2-1-3-13(15)6-8-33-11-17(29-12-33)16-9-14(5-7-28-16)18-19(21(25,26)27)31-32-30-18/h1-5,7,9,11-12H,6,8,10H2,(H,30,31,32). The highest BCUT2D eigenvalue weighted by atomic mass is 19.4. The molecule has 6 nitrogen and oxygen atoms in total. The molecule has 172 valence electrons. The highest BCUT2D eigenvalue weighted by Crippen LogP contribution is 2.34. The van der Waals surface area contributed by atoms with Gasteiger partial charge in [-0.2, -0.15) is 41.8 Å². The van der Waals surface area contributed by atoms with Gasteiger partial charge in [-0.3, -0.25) is 4.98 Å². The van der Waals surface area contributed by atoms with E-state index in [4.69, 9.17) is 0 Å². The third kappa shape index (κ3) is 5.38. The first-order chi connectivity index (χ1) is 15.6. The second-order valence-corrected chi connectivity index (χ2v) is 7.26. The third-order valence-corrected chi connectivity index (χ3v) is 4.89. The highest BCUT2D eigenvalue weighted by Gasteiger charge is 2.38. The molecule has 3 aromatic heterocycles. The molecule has 0 aliphatic carbocycles. The number of aromatic amines is 1. The normalized spacial score (nSPS) is 12.3. The Kier molecular flexibility index (Phi) is 5.91. The van der Waals surface area contributed by atoms with Crippen molar-refractivity contribution in [2.75, 3.05) is 0 Å². The summed E-state index contributed by atoms with van der Waals surface area (Å²) in [5, 5.41) is 8.77. The van der Waals surface area contributed by atoms with Gasteiger partial charge in [0.1, 0.15) is 11.4 Å². The molecule has 0 amide bonds. The van der Waals surface area contributed by atoms with E-state index >= 15 is 0 Å². The van der Waals surface area contributed by atoms with Gasteiger partial charge in [0, 0.05) is 24.5 Å². The number of hydrogen-bond donors (Lipinski definition) is 1. The summed E-state index contributed by atoms with van der Waals surface area (Å²) in [5.74, 6) is 0. The molecule has 0 unspecified atom stereocenters. The summed E-state index contributed by atoms with van der Waals surface area (Å²) < 4.78 is 79.5. The molecule has 1 aromatic carbocycles. The second-order valence-electron chi connectivity index (χ2n) is 7.26. The average Bonchev–Trinajstić information content (AvgIpc) is 3.42. The van der Waals surface area contributed by atoms with Crippen LogP contribution in [0.1, 0.15) is 16.8 Å². The smallest absolute Gasteiger partial charge is 0.336 e. The molecule has 0 spiro atoms. The summed E-state index contributed by atoms with van der Waals surface area (Å²) in [7, 11) is 0. The van der Waals surface area contributed by atoms with Crippen molar-refractivity contribution < 1.29 is 26.3 Å². The monoisotopic (exact) mass is 466 g/mol. The minimum Gasteiger partial charge on any atom is -0.336 e. The maximum atomic E-state index is 13.1. The van der Waals surface area contributed by atoms with Gasteiger partial charge in [0.15, 0.2) is 5.69 Å². The van der Waals surface area contributed by atoms with Crippen LogP contribution in [0.15, 0.2) is 55.1 Å². The Morgan fingerprint density at radius 2 is 1.64 bits per heavy atom. The molecule has 12 heteroatoms. The molecule has 0 radical (unpaired) electrons. The van der Waals surface area contributed by atoms with Crippen LogP contribution in [-0.4, -0.2) is 36.1 Å². The van der Waals surface area contributed by atoms with Crippen molar-refractivity contribution in [1.29, 1.82) is 0 Å². The minimum atomic E-state index is -4.67. The number of H-pyrrole nitrogens is 1. The lowest BCUT2D eigenvalue weighted by molar-refractivity contribution is -0.140. The van der Waals surface area contributed by atoms with E-state index in [1.54, 1.807) is 29.0 Å². The largest absolute Gasteiger partial charge is 0.437 e. The van der Waals surface area contributed by atoms with Gasteiger partial charge in [-0.25, -0.2) is 4.98 Å². The molecule has 0 aliphatic rings. The number of benzene rings is 1. The Hall–Kier alpha value is -3.70. The number of aromatic nitrogens is 6. The van der Waals surface area contributed by atoms with Crippen molar-refractivity contribution in [2.45, 2.75) is 31.7 Å². The zero-order valence-corrected chi connectivity index (χ0v) is 16.8. The topological polar surface area (TPSA) is 72.3 Å². The van der Waals surface area contributed by atoms with Crippen LogP contribution in [0.4, 0.5) is 26.3 Å². The van der Waals surface area contributed by atoms with Crippen LogP contribution in [-0.2, 0) is 25.6 Å². The molecule has 0 fully saturated rings. The van der Waals surface area contributed by atoms with E-state index in [1.807, 2.05) is 5.21 Å². The van der Waals surface area contributed by atoms with Crippen molar-refractivity contribution in [3.63, 3.8) is 0 Å².